The highest BCUT2D eigenvalue weighted by Gasteiger charge is 2.27. The van der Waals surface area contributed by atoms with Gasteiger partial charge in [0.05, 0.1) is 27.0 Å². The lowest BCUT2D eigenvalue weighted by molar-refractivity contribution is -0.394. The van der Waals surface area contributed by atoms with Crippen LogP contribution >= 0.6 is 11.8 Å². The smallest absolute Gasteiger partial charge is 0.318 e. The molecule has 1 heterocycles. The van der Waals surface area contributed by atoms with Gasteiger partial charge in [-0.15, -0.1) is 5.10 Å². The number of carbonyl (C=O) groups is 1. The van der Waals surface area contributed by atoms with Crippen LogP contribution in [0.4, 0.5) is 11.4 Å². The van der Waals surface area contributed by atoms with Crippen LogP contribution in [-0.2, 0) is 4.79 Å². The Balaban J connectivity index is 1.88. The van der Waals surface area contributed by atoms with Crippen LogP contribution in [0, 0.1) is 20.2 Å². The zero-order chi connectivity index (χ0) is 21.0. The van der Waals surface area contributed by atoms with Gasteiger partial charge in [0.1, 0.15) is 0 Å². The molecule has 0 aliphatic carbocycles. The number of amides is 1. The van der Waals surface area contributed by atoms with Crippen LogP contribution in [0.25, 0.3) is 6.08 Å². The van der Waals surface area contributed by atoms with Crippen molar-refractivity contribution in [2.45, 2.75) is 0 Å². The molecule has 1 aliphatic rings. The number of benzene rings is 2. The van der Waals surface area contributed by atoms with Crippen molar-refractivity contribution in [3.8, 4) is 5.75 Å². The number of phenols is 1. The van der Waals surface area contributed by atoms with E-state index in [2.05, 4.69) is 15.5 Å². The third kappa shape index (κ3) is 4.62. The number of nitrogens with zero attached hydrogens (tertiary/aromatic N) is 4. The van der Waals surface area contributed by atoms with E-state index in [0.717, 1.165) is 29.5 Å². The summed E-state index contributed by atoms with van der Waals surface area (Å²) in [5, 5.41) is 42.4. The van der Waals surface area contributed by atoms with Crippen LogP contribution in [0.3, 0.4) is 0 Å². The van der Waals surface area contributed by atoms with Crippen molar-refractivity contribution in [2.75, 3.05) is 0 Å². The molecule has 0 aromatic heterocycles. The summed E-state index contributed by atoms with van der Waals surface area (Å²) in [6.45, 7) is 0. The van der Waals surface area contributed by atoms with Gasteiger partial charge in [-0.1, -0.05) is 30.3 Å². The lowest BCUT2D eigenvalue weighted by atomic mass is 10.1. The maximum absolute atomic E-state index is 12.1. The fourth-order valence-electron chi connectivity index (χ4n) is 2.28. The molecule has 1 saturated heterocycles. The monoisotopic (exact) mass is 413 g/mol. The summed E-state index contributed by atoms with van der Waals surface area (Å²) in [6, 6.07) is 10.7. The SMILES string of the molecule is O=C1N/C(=N\N=Cc2ccccc2)SC1=Cc1cc([N+](=O)[O-])cc([N+](=O)[O-])c1O. The number of aromatic hydroxyl groups is 1. The Morgan fingerprint density at radius 2 is 1.83 bits per heavy atom. The Kier molecular flexibility index (Phi) is 5.64. The quantitative estimate of drug-likeness (QED) is 0.330. The van der Waals surface area contributed by atoms with Crippen LogP contribution in [0.2, 0.25) is 0 Å². The second kappa shape index (κ2) is 8.31. The van der Waals surface area contributed by atoms with E-state index in [1.807, 2.05) is 30.3 Å². The first-order valence-corrected chi connectivity index (χ1v) is 8.69. The van der Waals surface area contributed by atoms with Gasteiger partial charge in [0, 0.05) is 11.6 Å². The fraction of sp³-hybridized carbons (Fsp3) is 0. The second-order valence-corrected chi connectivity index (χ2v) is 6.57. The number of nitro benzene ring substituents is 2. The summed E-state index contributed by atoms with van der Waals surface area (Å²) >= 11 is 0.872. The van der Waals surface area contributed by atoms with Gasteiger partial charge in [-0.05, 0) is 23.4 Å². The molecule has 2 aromatic rings. The first kappa shape index (κ1) is 19.7. The predicted octanol–water partition coefficient (Wildman–Crippen LogP) is 2.80. The molecule has 29 heavy (non-hydrogen) atoms. The van der Waals surface area contributed by atoms with Crippen molar-refractivity contribution in [1.82, 2.24) is 5.32 Å². The molecule has 146 valence electrons. The summed E-state index contributed by atoms with van der Waals surface area (Å²) in [7, 11) is 0. The summed E-state index contributed by atoms with van der Waals surface area (Å²) in [5.41, 5.74) is -0.865. The number of amidine groups is 1. The van der Waals surface area contributed by atoms with Crippen LogP contribution in [-0.4, -0.2) is 32.2 Å². The van der Waals surface area contributed by atoms with Crippen LogP contribution in [0.15, 0.2) is 57.6 Å². The van der Waals surface area contributed by atoms with Gasteiger partial charge in [0.25, 0.3) is 11.6 Å². The molecule has 1 amide bonds. The normalized spacial score (nSPS) is 16.5. The van der Waals surface area contributed by atoms with E-state index in [1.54, 1.807) is 0 Å². The Morgan fingerprint density at radius 3 is 2.48 bits per heavy atom. The average Bonchev–Trinajstić information content (AvgIpc) is 3.03. The Labute approximate surface area is 166 Å². The maximum atomic E-state index is 12.1. The van der Waals surface area contributed by atoms with Gasteiger partial charge in [-0.3, -0.25) is 30.3 Å². The van der Waals surface area contributed by atoms with Gasteiger partial charge in [0.15, 0.2) is 5.17 Å². The van der Waals surface area contributed by atoms with E-state index in [4.69, 9.17) is 0 Å². The largest absolute Gasteiger partial charge is 0.502 e. The number of hydrogen-bond donors (Lipinski definition) is 2. The minimum atomic E-state index is -0.947. The zero-order valence-electron chi connectivity index (χ0n) is 14.4. The Bertz CT molecular complexity index is 1100. The van der Waals surface area contributed by atoms with E-state index in [9.17, 15) is 30.1 Å². The zero-order valence-corrected chi connectivity index (χ0v) is 15.2. The number of hydrogen-bond acceptors (Lipinski definition) is 9. The Morgan fingerprint density at radius 1 is 1.10 bits per heavy atom. The molecule has 1 aliphatic heterocycles. The van der Waals surface area contributed by atoms with Crippen molar-refractivity contribution in [3.63, 3.8) is 0 Å². The number of carbonyl (C=O) groups excluding carboxylic acids is 1. The van der Waals surface area contributed by atoms with Gasteiger partial charge in [-0.25, -0.2) is 0 Å². The third-order valence-electron chi connectivity index (χ3n) is 3.60. The summed E-state index contributed by atoms with van der Waals surface area (Å²) in [6.07, 6.45) is 2.59. The minimum Gasteiger partial charge on any atom is -0.502 e. The van der Waals surface area contributed by atoms with E-state index < -0.39 is 32.9 Å². The molecular formula is C17H11N5O6S. The highest BCUT2D eigenvalue weighted by atomic mass is 32.2. The van der Waals surface area contributed by atoms with Crippen LogP contribution < -0.4 is 5.32 Å². The summed E-state index contributed by atoms with van der Waals surface area (Å²) in [5.74, 6) is -1.37. The number of thioether (sulfide) groups is 1. The van der Waals surface area contributed by atoms with Crippen molar-refractivity contribution in [1.29, 1.82) is 0 Å². The summed E-state index contributed by atoms with van der Waals surface area (Å²) in [4.78, 5) is 32.4. The highest BCUT2D eigenvalue weighted by molar-refractivity contribution is 8.18. The molecule has 0 radical (unpaired) electrons. The molecule has 0 bridgehead atoms. The van der Waals surface area contributed by atoms with Crippen LogP contribution in [0.1, 0.15) is 11.1 Å². The molecule has 2 N–H and O–H groups in total. The lowest BCUT2D eigenvalue weighted by Gasteiger charge is -2.02. The lowest BCUT2D eigenvalue weighted by Crippen LogP contribution is -2.19. The molecule has 0 spiro atoms. The number of rotatable bonds is 5. The third-order valence-corrected chi connectivity index (χ3v) is 4.50. The minimum absolute atomic E-state index is 0.0313. The standard InChI is InChI=1S/C17H11N5O6S/c23-15-11(6-12(21(25)26)8-13(15)22(27)28)7-14-16(24)19-17(29-14)20-18-9-10-4-2-1-3-5-10/h1-9,23H,(H,19,20,24). The summed E-state index contributed by atoms with van der Waals surface area (Å²) < 4.78 is 0. The Hall–Kier alpha value is -4.06. The molecule has 0 atom stereocenters. The van der Waals surface area contributed by atoms with Gasteiger partial charge in [-0.2, -0.15) is 5.10 Å². The van der Waals surface area contributed by atoms with E-state index >= 15 is 0 Å². The topological polar surface area (TPSA) is 160 Å². The van der Waals surface area contributed by atoms with E-state index in [1.165, 1.54) is 6.21 Å². The van der Waals surface area contributed by atoms with Crippen molar-refractivity contribution in [2.24, 2.45) is 10.2 Å². The highest BCUT2D eigenvalue weighted by Crippen LogP contribution is 2.37. The molecule has 11 nitrogen and oxygen atoms in total. The molecule has 3 rings (SSSR count). The fourth-order valence-corrected chi connectivity index (χ4v) is 3.05. The number of non-ortho nitro benzene ring substituents is 1. The molecular weight excluding hydrogens is 402 g/mol. The van der Waals surface area contributed by atoms with Gasteiger partial charge < -0.3 is 5.11 Å². The number of phenolic OH excluding ortho intramolecular Hbond substituents is 1. The predicted molar refractivity (Wildman–Crippen MR) is 107 cm³/mol. The van der Waals surface area contributed by atoms with Crippen molar-refractivity contribution < 1.29 is 19.7 Å². The maximum Gasteiger partial charge on any atom is 0.318 e. The van der Waals surface area contributed by atoms with Crippen molar-refractivity contribution >= 4 is 46.5 Å². The van der Waals surface area contributed by atoms with Crippen molar-refractivity contribution in [3.05, 3.63) is 78.7 Å². The first-order valence-electron chi connectivity index (χ1n) is 7.88. The molecule has 12 heteroatoms. The van der Waals surface area contributed by atoms with Gasteiger partial charge in [0.2, 0.25) is 5.75 Å². The van der Waals surface area contributed by atoms with Gasteiger partial charge >= 0.3 is 5.69 Å². The second-order valence-electron chi connectivity index (χ2n) is 5.54. The average molecular weight is 413 g/mol. The molecule has 2 aromatic carbocycles. The van der Waals surface area contributed by atoms with E-state index in [0.29, 0.717) is 6.07 Å². The molecule has 0 saturated carbocycles. The van der Waals surface area contributed by atoms with E-state index in [-0.39, 0.29) is 15.6 Å². The molecule has 1 fully saturated rings. The molecule has 0 unspecified atom stereocenters. The number of nitrogens with one attached hydrogen (secondary N) is 1. The first-order chi connectivity index (χ1) is 13.8. The number of nitro groups is 2. The van der Waals surface area contributed by atoms with Crippen LogP contribution in [0.5, 0.6) is 5.75 Å².